The lowest BCUT2D eigenvalue weighted by atomic mass is 10.1. The number of nitrogens with zero attached hydrogens (tertiary/aromatic N) is 1. The Morgan fingerprint density at radius 2 is 2.10 bits per heavy atom. The van der Waals surface area contributed by atoms with Crippen LogP contribution in [0.1, 0.15) is 38.0 Å². The minimum Gasteiger partial charge on any atom is -0.468 e. The first-order chi connectivity index (χ1) is 9.65. The standard InChI is InChI=1S/C16H28N2O2/c1-13(2)9-17-10-14-8-16(20-12-14)11-18(3)15-4-6-19-7-5-15/h8,12-13,15,17H,4-7,9-11H2,1-3H3. The summed E-state index contributed by atoms with van der Waals surface area (Å²) in [6.45, 7) is 9.03. The molecule has 0 amide bonds. The first-order valence-electron chi connectivity index (χ1n) is 7.70. The van der Waals surface area contributed by atoms with Gasteiger partial charge < -0.3 is 14.5 Å². The number of hydrogen-bond acceptors (Lipinski definition) is 4. The summed E-state index contributed by atoms with van der Waals surface area (Å²) in [4.78, 5) is 2.38. The minimum absolute atomic E-state index is 0.622. The second-order valence-corrected chi connectivity index (χ2v) is 6.20. The molecule has 0 bridgehead atoms. The molecular weight excluding hydrogens is 252 g/mol. The molecule has 0 aromatic carbocycles. The van der Waals surface area contributed by atoms with Crippen LogP contribution in [0.4, 0.5) is 0 Å². The van der Waals surface area contributed by atoms with E-state index in [0.717, 1.165) is 51.4 Å². The van der Waals surface area contributed by atoms with Crippen LogP contribution < -0.4 is 5.32 Å². The molecule has 0 unspecified atom stereocenters. The number of ether oxygens (including phenoxy) is 1. The molecule has 0 spiro atoms. The molecule has 2 rings (SSSR count). The van der Waals surface area contributed by atoms with Crippen molar-refractivity contribution in [2.75, 3.05) is 26.8 Å². The summed E-state index contributed by atoms with van der Waals surface area (Å²) in [5.74, 6) is 1.74. The first kappa shape index (κ1) is 15.5. The Morgan fingerprint density at radius 3 is 2.80 bits per heavy atom. The van der Waals surface area contributed by atoms with E-state index in [1.807, 2.05) is 6.26 Å². The highest BCUT2D eigenvalue weighted by atomic mass is 16.5. The molecule has 0 aliphatic carbocycles. The zero-order chi connectivity index (χ0) is 14.4. The molecular formula is C16H28N2O2. The fraction of sp³-hybridized carbons (Fsp3) is 0.750. The SMILES string of the molecule is CC(C)CNCc1coc(CN(C)C2CCOCC2)c1. The Morgan fingerprint density at radius 1 is 1.35 bits per heavy atom. The van der Waals surface area contributed by atoms with Gasteiger partial charge in [-0.25, -0.2) is 0 Å². The van der Waals surface area contributed by atoms with Gasteiger partial charge in [0, 0.05) is 31.4 Å². The highest BCUT2D eigenvalue weighted by Crippen LogP contribution is 2.17. The van der Waals surface area contributed by atoms with Crippen molar-refractivity contribution in [3.63, 3.8) is 0 Å². The Balaban J connectivity index is 1.76. The quantitative estimate of drug-likeness (QED) is 0.833. The maximum Gasteiger partial charge on any atom is 0.118 e. The third-order valence-corrected chi connectivity index (χ3v) is 3.81. The van der Waals surface area contributed by atoms with Crippen molar-refractivity contribution in [2.24, 2.45) is 5.92 Å². The maximum atomic E-state index is 5.67. The Bertz CT molecular complexity index is 384. The summed E-state index contributed by atoms with van der Waals surface area (Å²) in [7, 11) is 2.18. The topological polar surface area (TPSA) is 37.6 Å². The maximum absolute atomic E-state index is 5.67. The molecule has 1 aromatic heterocycles. The second-order valence-electron chi connectivity index (χ2n) is 6.20. The van der Waals surface area contributed by atoms with Crippen molar-refractivity contribution >= 4 is 0 Å². The molecule has 114 valence electrons. The summed E-state index contributed by atoms with van der Waals surface area (Å²) >= 11 is 0. The third-order valence-electron chi connectivity index (χ3n) is 3.81. The molecule has 20 heavy (non-hydrogen) atoms. The smallest absolute Gasteiger partial charge is 0.118 e. The molecule has 1 N–H and O–H groups in total. The van der Waals surface area contributed by atoms with Crippen LogP contribution >= 0.6 is 0 Å². The molecule has 0 radical (unpaired) electrons. The zero-order valence-corrected chi connectivity index (χ0v) is 13.0. The third kappa shape index (κ3) is 4.93. The minimum atomic E-state index is 0.622. The summed E-state index contributed by atoms with van der Waals surface area (Å²) in [5, 5.41) is 3.44. The van der Waals surface area contributed by atoms with Crippen LogP contribution in [0, 0.1) is 5.92 Å². The normalized spacial score (nSPS) is 17.2. The summed E-state index contributed by atoms with van der Waals surface area (Å²) < 4.78 is 11.1. The van der Waals surface area contributed by atoms with E-state index in [2.05, 4.69) is 37.2 Å². The number of hydrogen-bond donors (Lipinski definition) is 1. The summed E-state index contributed by atoms with van der Waals surface area (Å²) in [6, 6.07) is 2.79. The molecule has 4 nitrogen and oxygen atoms in total. The molecule has 0 saturated carbocycles. The van der Waals surface area contributed by atoms with Crippen molar-refractivity contribution in [1.82, 2.24) is 10.2 Å². The van der Waals surface area contributed by atoms with Crippen LogP contribution in [-0.4, -0.2) is 37.7 Å². The van der Waals surface area contributed by atoms with Gasteiger partial charge in [-0.15, -0.1) is 0 Å². The fourth-order valence-corrected chi connectivity index (χ4v) is 2.61. The van der Waals surface area contributed by atoms with Gasteiger partial charge in [0.05, 0.1) is 12.8 Å². The lowest BCUT2D eigenvalue weighted by molar-refractivity contribution is 0.0387. The van der Waals surface area contributed by atoms with Gasteiger partial charge in [-0.1, -0.05) is 13.8 Å². The molecule has 4 heteroatoms. The lowest BCUT2D eigenvalue weighted by Crippen LogP contribution is -2.36. The van der Waals surface area contributed by atoms with Crippen LogP contribution in [0.15, 0.2) is 16.7 Å². The van der Waals surface area contributed by atoms with E-state index in [1.54, 1.807) is 0 Å². The van der Waals surface area contributed by atoms with Gasteiger partial charge in [0.15, 0.2) is 0 Å². The van der Waals surface area contributed by atoms with E-state index in [0.29, 0.717) is 12.0 Å². The van der Waals surface area contributed by atoms with Gasteiger partial charge in [-0.3, -0.25) is 4.90 Å². The molecule has 0 atom stereocenters. The van der Waals surface area contributed by atoms with Gasteiger partial charge in [-0.2, -0.15) is 0 Å². The molecule has 1 saturated heterocycles. The van der Waals surface area contributed by atoms with Crippen molar-refractivity contribution in [3.8, 4) is 0 Å². The summed E-state index contributed by atoms with van der Waals surface area (Å²) in [5.41, 5.74) is 1.24. The lowest BCUT2D eigenvalue weighted by Gasteiger charge is -2.30. The Hall–Kier alpha value is -0.840. The molecule has 1 aliphatic heterocycles. The van der Waals surface area contributed by atoms with Gasteiger partial charge in [0.25, 0.3) is 0 Å². The molecule has 1 aliphatic rings. The van der Waals surface area contributed by atoms with Crippen LogP contribution in [0.2, 0.25) is 0 Å². The average Bonchev–Trinajstić information content (AvgIpc) is 2.87. The highest BCUT2D eigenvalue weighted by molar-refractivity contribution is 5.12. The Kier molecular flexibility index (Phi) is 6.07. The first-order valence-corrected chi connectivity index (χ1v) is 7.70. The van der Waals surface area contributed by atoms with Crippen LogP contribution in [-0.2, 0) is 17.8 Å². The molecule has 2 heterocycles. The van der Waals surface area contributed by atoms with Gasteiger partial charge >= 0.3 is 0 Å². The zero-order valence-electron chi connectivity index (χ0n) is 13.0. The van der Waals surface area contributed by atoms with Crippen LogP contribution in [0.25, 0.3) is 0 Å². The second kappa shape index (κ2) is 7.81. The predicted molar refractivity (Wildman–Crippen MR) is 80.6 cm³/mol. The fourth-order valence-electron chi connectivity index (χ4n) is 2.61. The number of rotatable bonds is 7. The van der Waals surface area contributed by atoms with E-state index in [1.165, 1.54) is 5.56 Å². The van der Waals surface area contributed by atoms with Gasteiger partial charge in [0.2, 0.25) is 0 Å². The van der Waals surface area contributed by atoms with Crippen LogP contribution in [0.5, 0.6) is 0 Å². The van der Waals surface area contributed by atoms with E-state index < -0.39 is 0 Å². The van der Waals surface area contributed by atoms with E-state index in [-0.39, 0.29) is 0 Å². The Labute approximate surface area is 122 Å². The van der Waals surface area contributed by atoms with Crippen molar-refractivity contribution in [2.45, 2.75) is 45.8 Å². The number of nitrogens with one attached hydrogen (secondary N) is 1. The van der Waals surface area contributed by atoms with Crippen LogP contribution in [0.3, 0.4) is 0 Å². The van der Waals surface area contributed by atoms with Crippen molar-refractivity contribution in [3.05, 3.63) is 23.7 Å². The van der Waals surface area contributed by atoms with E-state index in [4.69, 9.17) is 9.15 Å². The largest absolute Gasteiger partial charge is 0.468 e. The van der Waals surface area contributed by atoms with Crippen molar-refractivity contribution in [1.29, 1.82) is 0 Å². The van der Waals surface area contributed by atoms with E-state index >= 15 is 0 Å². The average molecular weight is 280 g/mol. The van der Waals surface area contributed by atoms with Gasteiger partial charge in [0.1, 0.15) is 5.76 Å². The predicted octanol–water partition coefficient (Wildman–Crippen LogP) is 2.64. The highest BCUT2D eigenvalue weighted by Gasteiger charge is 2.19. The monoisotopic (exact) mass is 280 g/mol. The molecule has 1 aromatic rings. The summed E-state index contributed by atoms with van der Waals surface area (Å²) in [6.07, 6.45) is 4.13. The van der Waals surface area contributed by atoms with Crippen molar-refractivity contribution < 1.29 is 9.15 Å². The number of furan rings is 1. The molecule has 1 fully saturated rings. The van der Waals surface area contributed by atoms with E-state index in [9.17, 15) is 0 Å². The van der Waals surface area contributed by atoms with Gasteiger partial charge in [-0.05, 0) is 38.4 Å².